The van der Waals surface area contributed by atoms with Gasteiger partial charge in [-0.3, -0.25) is 0 Å². The van der Waals surface area contributed by atoms with Crippen molar-refractivity contribution < 1.29 is 14.0 Å². The van der Waals surface area contributed by atoms with E-state index in [1.807, 2.05) is 0 Å². The molecule has 3 nitrogen and oxygen atoms in total. The molecule has 0 aromatic carbocycles. The van der Waals surface area contributed by atoms with E-state index in [0.717, 1.165) is 6.42 Å². The second kappa shape index (κ2) is 2.77. The fraction of sp³-hybridized carbons (Fsp3) is 0.857. The van der Waals surface area contributed by atoms with Crippen molar-refractivity contribution in [3.05, 3.63) is 0 Å². The highest BCUT2D eigenvalue weighted by Crippen LogP contribution is 2.25. The topological polar surface area (TPSA) is 30.8 Å². The van der Waals surface area contributed by atoms with Crippen LogP contribution in [0.15, 0.2) is 5.16 Å². The van der Waals surface area contributed by atoms with Crippen molar-refractivity contribution in [2.75, 3.05) is 19.9 Å². The van der Waals surface area contributed by atoms with Gasteiger partial charge in [-0.1, -0.05) is 5.16 Å². The number of alkyl halides is 1. The van der Waals surface area contributed by atoms with Gasteiger partial charge in [-0.2, -0.15) is 0 Å². The van der Waals surface area contributed by atoms with E-state index in [9.17, 15) is 4.39 Å². The molecule has 0 bridgehead atoms. The molecule has 0 aromatic heterocycles. The zero-order chi connectivity index (χ0) is 7.68. The van der Waals surface area contributed by atoms with Gasteiger partial charge < -0.3 is 9.57 Å². The molecule has 4 heteroatoms. The predicted octanol–water partition coefficient (Wildman–Crippen LogP) is 0.747. The minimum Gasteiger partial charge on any atom is -0.392 e. The average molecular weight is 159 g/mol. The van der Waals surface area contributed by atoms with Gasteiger partial charge in [0.05, 0.1) is 24.8 Å². The normalized spacial score (nSPS) is 35.9. The van der Waals surface area contributed by atoms with E-state index in [0.29, 0.717) is 18.9 Å². The van der Waals surface area contributed by atoms with Crippen LogP contribution in [0, 0.1) is 5.92 Å². The highest BCUT2D eigenvalue weighted by Gasteiger charge is 2.36. The lowest BCUT2D eigenvalue weighted by Gasteiger charge is -2.22. The Morgan fingerprint density at radius 2 is 2.55 bits per heavy atom. The Morgan fingerprint density at radius 1 is 1.64 bits per heavy atom. The first kappa shape index (κ1) is 7.03. The van der Waals surface area contributed by atoms with Gasteiger partial charge in [0.15, 0.2) is 0 Å². The van der Waals surface area contributed by atoms with E-state index in [1.54, 1.807) is 0 Å². The van der Waals surface area contributed by atoms with E-state index in [2.05, 4.69) is 5.16 Å². The Bertz CT molecular complexity index is 183. The van der Waals surface area contributed by atoms with Gasteiger partial charge in [0.25, 0.3) is 0 Å². The smallest absolute Gasteiger partial charge is 0.140 e. The molecule has 2 atom stereocenters. The van der Waals surface area contributed by atoms with Crippen LogP contribution in [-0.2, 0) is 9.57 Å². The Balaban J connectivity index is 2.05. The number of nitrogens with zero attached hydrogens (tertiary/aromatic N) is 1. The second-order valence-electron chi connectivity index (χ2n) is 2.83. The molecule has 11 heavy (non-hydrogen) atoms. The van der Waals surface area contributed by atoms with E-state index in [4.69, 9.17) is 9.57 Å². The summed E-state index contributed by atoms with van der Waals surface area (Å²) in [6.07, 6.45) is 0.909. The summed E-state index contributed by atoms with van der Waals surface area (Å²) < 4.78 is 17.4. The summed E-state index contributed by atoms with van der Waals surface area (Å²) >= 11 is 0. The summed E-state index contributed by atoms with van der Waals surface area (Å²) in [5.74, 6) is 0.0775. The first-order valence-electron chi connectivity index (χ1n) is 3.78. The van der Waals surface area contributed by atoms with Gasteiger partial charge in [0.2, 0.25) is 0 Å². The van der Waals surface area contributed by atoms with E-state index >= 15 is 0 Å². The lowest BCUT2D eigenvalue weighted by Crippen LogP contribution is -2.34. The fourth-order valence-electron chi connectivity index (χ4n) is 1.48. The molecule has 2 aliphatic heterocycles. The van der Waals surface area contributed by atoms with Gasteiger partial charge in [-0.15, -0.1) is 0 Å². The van der Waals surface area contributed by atoms with Crippen LogP contribution in [0.2, 0.25) is 0 Å². The number of ether oxygens (including phenoxy) is 1. The number of rotatable bonds is 1. The Hall–Kier alpha value is -0.640. The molecule has 2 aliphatic rings. The van der Waals surface area contributed by atoms with Crippen LogP contribution in [0.5, 0.6) is 0 Å². The first-order valence-corrected chi connectivity index (χ1v) is 3.78. The third-order valence-electron chi connectivity index (χ3n) is 2.16. The summed E-state index contributed by atoms with van der Waals surface area (Å²) in [5.41, 5.74) is 0.509. The molecule has 0 aliphatic carbocycles. The number of hydrogen-bond donors (Lipinski definition) is 0. The quantitative estimate of drug-likeness (QED) is 0.565. The van der Waals surface area contributed by atoms with Gasteiger partial charge in [-0.05, 0) is 0 Å². The zero-order valence-electron chi connectivity index (χ0n) is 6.12. The minimum atomic E-state index is -0.509. The summed E-state index contributed by atoms with van der Waals surface area (Å²) in [4.78, 5) is 5.03. The van der Waals surface area contributed by atoms with Crippen molar-refractivity contribution >= 4 is 5.71 Å². The SMILES string of the molecule is FCC1=NO[C@@H]2CCOC[C@H]12. The Kier molecular flexibility index (Phi) is 1.77. The lowest BCUT2D eigenvalue weighted by molar-refractivity contribution is -0.0316. The third-order valence-corrected chi connectivity index (χ3v) is 2.16. The van der Waals surface area contributed by atoms with E-state index in [1.165, 1.54) is 0 Å². The number of fused-ring (bicyclic) bond motifs is 1. The van der Waals surface area contributed by atoms with Crippen molar-refractivity contribution in [1.82, 2.24) is 0 Å². The molecule has 0 radical (unpaired) electrons. The maximum Gasteiger partial charge on any atom is 0.140 e. The highest BCUT2D eigenvalue weighted by atomic mass is 19.1. The minimum absolute atomic E-state index is 0.0775. The summed E-state index contributed by atoms with van der Waals surface area (Å²) in [6.45, 7) is 0.758. The standard InChI is InChI=1S/C7H10FNO2/c8-3-6-5-4-10-2-1-7(5)11-9-6/h5,7H,1-4H2/t5-,7-/m1/s1. The number of oxime groups is 1. The first-order chi connectivity index (χ1) is 5.42. The molecule has 2 heterocycles. The van der Waals surface area contributed by atoms with Crippen LogP contribution in [0.4, 0.5) is 4.39 Å². The zero-order valence-corrected chi connectivity index (χ0v) is 6.12. The lowest BCUT2D eigenvalue weighted by atomic mass is 9.95. The molecule has 0 aromatic rings. The van der Waals surface area contributed by atoms with Crippen LogP contribution in [-0.4, -0.2) is 31.7 Å². The summed E-state index contributed by atoms with van der Waals surface area (Å²) in [6, 6.07) is 0. The molecule has 1 saturated heterocycles. The van der Waals surface area contributed by atoms with Crippen molar-refractivity contribution in [2.24, 2.45) is 11.1 Å². The number of hydrogen-bond acceptors (Lipinski definition) is 3. The molecule has 0 amide bonds. The van der Waals surface area contributed by atoms with Crippen LogP contribution in [0.1, 0.15) is 6.42 Å². The molecule has 0 saturated carbocycles. The van der Waals surface area contributed by atoms with E-state index < -0.39 is 6.67 Å². The van der Waals surface area contributed by atoms with Gasteiger partial charge in [0.1, 0.15) is 12.8 Å². The molecule has 0 N–H and O–H groups in total. The largest absolute Gasteiger partial charge is 0.392 e. The molecular weight excluding hydrogens is 149 g/mol. The monoisotopic (exact) mass is 159 g/mol. The van der Waals surface area contributed by atoms with Gasteiger partial charge in [0, 0.05) is 6.42 Å². The highest BCUT2D eigenvalue weighted by molar-refractivity contribution is 5.89. The maximum atomic E-state index is 12.2. The van der Waals surface area contributed by atoms with Crippen molar-refractivity contribution in [3.8, 4) is 0 Å². The van der Waals surface area contributed by atoms with Gasteiger partial charge in [-0.25, -0.2) is 4.39 Å². The van der Waals surface area contributed by atoms with E-state index in [-0.39, 0.29) is 12.0 Å². The van der Waals surface area contributed by atoms with Crippen molar-refractivity contribution in [1.29, 1.82) is 0 Å². The second-order valence-corrected chi connectivity index (χ2v) is 2.83. The molecular formula is C7H10FNO2. The maximum absolute atomic E-state index is 12.2. The molecule has 1 fully saturated rings. The average Bonchev–Trinajstić information content (AvgIpc) is 2.47. The van der Waals surface area contributed by atoms with Crippen molar-refractivity contribution in [3.63, 3.8) is 0 Å². The molecule has 2 rings (SSSR count). The third kappa shape index (κ3) is 1.11. The van der Waals surface area contributed by atoms with Crippen LogP contribution in [0.3, 0.4) is 0 Å². The summed E-state index contributed by atoms with van der Waals surface area (Å²) in [5, 5.41) is 3.66. The molecule has 62 valence electrons. The predicted molar refractivity (Wildman–Crippen MR) is 37.2 cm³/mol. The molecule has 0 unspecified atom stereocenters. The Labute approximate surface area is 64.2 Å². The van der Waals surface area contributed by atoms with Crippen LogP contribution >= 0.6 is 0 Å². The van der Waals surface area contributed by atoms with Gasteiger partial charge >= 0.3 is 0 Å². The number of halogens is 1. The van der Waals surface area contributed by atoms with Crippen LogP contribution < -0.4 is 0 Å². The Morgan fingerprint density at radius 3 is 3.36 bits per heavy atom. The van der Waals surface area contributed by atoms with Crippen LogP contribution in [0.25, 0.3) is 0 Å². The molecule has 0 spiro atoms. The fourth-order valence-corrected chi connectivity index (χ4v) is 1.48. The van der Waals surface area contributed by atoms with Crippen molar-refractivity contribution in [2.45, 2.75) is 12.5 Å². The summed E-state index contributed by atoms with van der Waals surface area (Å²) in [7, 11) is 0.